The minimum Gasteiger partial charge on any atom is -0.363 e. The molecule has 0 rings (SSSR count). The SMILES string of the molecule is CC(Br)C(O)F. The molecule has 0 spiro atoms. The summed E-state index contributed by atoms with van der Waals surface area (Å²) < 4.78 is 11.3. The predicted octanol–water partition coefficient (Wildman–Crippen LogP) is 1.06. The van der Waals surface area contributed by atoms with Gasteiger partial charge in [0, 0.05) is 0 Å². The maximum Gasteiger partial charge on any atom is 0.208 e. The van der Waals surface area contributed by atoms with E-state index >= 15 is 0 Å². The normalized spacial score (nSPS) is 20.0. The van der Waals surface area contributed by atoms with Gasteiger partial charge in [0.2, 0.25) is 6.36 Å². The molecule has 0 aliphatic carbocycles. The smallest absolute Gasteiger partial charge is 0.208 e. The van der Waals surface area contributed by atoms with Crippen LogP contribution < -0.4 is 0 Å². The van der Waals surface area contributed by atoms with Crippen LogP contribution in [-0.4, -0.2) is 16.3 Å². The van der Waals surface area contributed by atoms with Crippen molar-refractivity contribution in [1.82, 2.24) is 0 Å². The Bertz CT molecular complexity index is 31.8. The predicted molar refractivity (Wildman–Crippen MR) is 25.5 cm³/mol. The van der Waals surface area contributed by atoms with E-state index in [1.807, 2.05) is 0 Å². The average molecular weight is 157 g/mol. The van der Waals surface area contributed by atoms with Gasteiger partial charge in [0.05, 0.1) is 4.83 Å². The molecule has 0 saturated carbocycles. The van der Waals surface area contributed by atoms with Crippen LogP contribution >= 0.6 is 15.9 Å². The van der Waals surface area contributed by atoms with Gasteiger partial charge in [-0.1, -0.05) is 15.9 Å². The maximum atomic E-state index is 11.3. The molecule has 1 nitrogen and oxygen atoms in total. The van der Waals surface area contributed by atoms with E-state index in [-0.39, 0.29) is 0 Å². The van der Waals surface area contributed by atoms with Crippen molar-refractivity contribution in [2.75, 3.05) is 0 Å². The molecule has 0 aromatic heterocycles. The number of rotatable bonds is 1. The lowest BCUT2D eigenvalue weighted by Crippen LogP contribution is -2.08. The van der Waals surface area contributed by atoms with E-state index in [2.05, 4.69) is 15.9 Å². The third-order valence-electron chi connectivity index (χ3n) is 0.379. The van der Waals surface area contributed by atoms with Crippen LogP contribution in [0, 0.1) is 0 Å². The van der Waals surface area contributed by atoms with Crippen molar-refractivity contribution in [3.8, 4) is 0 Å². The van der Waals surface area contributed by atoms with Crippen LogP contribution in [0.25, 0.3) is 0 Å². The van der Waals surface area contributed by atoms with Crippen LogP contribution in [0.3, 0.4) is 0 Å². The maximum absolute atomic E-state index is 11.3. The quantitative estimate of drug-likeness (QED) is 0.564. The number of aliphatic hydroxyl groups excluding tert-OH is 1. The third-order valence-corrected chi connectivity index (χ3v) is 0.815. The average Bonchev–Trinajstić information content (AvgIpc) is 1.36. The number of hydrogen-bond acceptors (Lipinski definition) is 1. The van der Waals surface area contributed by atoms with Crippen LogP contribution in [0.5, 0.6) is 0 Å². The number of hydrogen-bond donors (Lipinski definition) is 1. The fourth-order valence-electron chi connectivity index (χ4n) is 0. The number of aliphatic hydroxyl groups is 1. The van der Waals surface area contributed by atoms with Gasteiger partial charge in [-0.3, -0.25) is 0 Å². The second-order valence-corrected chi connectivity index (χ2v) is 2.49. The van der Waals surface area contributed by atoms with Crippen LogP contribution in [-0.2, 0) is 0 Å². The zero-order chi connectivity index (χ0) is 5.15. The zero-order valence-electron chi connectivity index (χ0n) is 3.36. The largest absolute Gasteiger partial charge is 0.363 e. The molecule has 3 heteroatoms. The Morgan fingerprint density at radius 2 is 2.00 bits per heavy atom. The molecule has 0 aromatic carbocycles. The van der Waals surface area contributed by atoms with Crippen molar-refractivity contribution in [2.24, 2.45) is 0 Å². The van der Waals surface area contributed by atoms with Crippen LogP contribution in [0.4, 0.5) is 4.39 Å². The molecular weight excluding hydrogens is 151 g/mol. The molecule has 1 N–H and O–H groups in total. The Kier molecular flexibility index (Phi) is 2.68. The van der Waals surface area contributed by atoms with Crippen molar-refractivity contribution in [1.29, 1.82) is 0 Å². The molecule has 0 amide bonds. The molecule has 0 aromatic rings. The molecular formula is C3H6BrFO. The van der Waals surface area contributed by atoms with E-state index in [0.717, 1.165) is 0 Å². The van der Waals surface area contributed by atoms with Gasteiger partial charge in [-0.25, -0.2) is 4.39 Å². The highest BCUT2D eigenvalue weighted by molar-refractivity contribution is 9.09. The summed E-state index contributed by atoms with van der Waals surface area (Å²) in [5.74, 6) is 0. The van der Waals surface area contributed by atoms with Gasteiger partial charge in [-0.05, 0) is 6.92 Å². The van der Waals surface area contributed by atoms with E-state index in [1.165, 1.54) is 6.92 Å². The zero-order valence-corrected chi connectivity index (χ0v) is 4.94. The highest BCUT2D eigenvalue weighted by Gasteiger charge is 2.04. The Morgan fingerprint density at radius 1 is 1.83 bits per heavy atom. The van der Waals surface area contributed by atoms with E-state index in [9.17, 15) is 4.39 Å². The van der Waals surface area contributed by atoms with Gasteiger partial charge in [0.1, 0.15) is 0 Å². The van der Waals surface area contributed by atoms with E-state index in [0.29, 0.717) is 0 Å². The van der Waals surface area contributed by atoms with Crippen molar-refractivity contribution >= 4 is 15.9 Å². The van der Waals surface area contributed by atoms with E-state index in [1.54, 1.807) is 0 Å². The summed E-state index contributed by atoms with van der Waals surface area (Å²) >= 11 is 2.81. The first-order valence-electron chi connectivity index (χ1n) is 1.61. The van der Waals surface area contributed by atoms with Gasteiger partial charge >= 0.3 is 0 Å². The molecule has 0 saturated heterocycles. The minimum atomic E-state index is -1.73. The van der Waals surface area contributed by atoms with Gasteiger partial charge in [-0.15, -0.1) is 0 Å². The first kappa shape index (κ1) is 6.37. The molecule has 0 aliphatic rings. The highest BCUT2D eigenvalue weighted by Crippen LogP contribution is 2.03. The first-order valence-corrected chi connectivity index (χ1v) is 2.52. The Morgan fingerprint density at radius 3 is 2.00 bits per heavy atom. The molecule has 6 heavy (non-hydrogen) atoms. The minimum absolute atomic E-state index is 0.447. The van der Waals surface area contributed by atoms with Crippen molar-refractivity contribution in [3.63, 3.8) is 0 Å². The summed E-state index contributed by atoms with van der Waals surface area (Å²) in [4.78, 5) is -0.447. The van der Waals surface area contributed by atoms with Crippen LogP contribution in [0.15, 0.2) is 0 Å². The summed E-state index contributed by atoms with van der Waals surface area (Å²) in [6.45, 7) is 1.53. The molecule has 38 valence electrons. The molecule has 0 radical (unpaired) electrons. The molecule has 0 fully saturated rings. The topological polar surface area (TPSA) is 20.2 Å². The van der Waals surface area contributed by atoms with Crippen molar-refractivity contribution in [3.05, 3.63) is 0 Å². The van der Waals surface area contributed by atoms with E-state index < -0.39 is 11.2 Å². The standard InChI is InChI=1S/C3H6BrFO/c1-2(4)3(5)6/h2-3,6H,1H3. The van der Waals surface area contributed by atoms with Crippen molar-refractivity contribution in [2.45, 2.75) is 18.1 Å². The lowest BCUT2D eigenvalue weighted by molar-refractivity contribution is 0.0459. The molecule has 2 atom stereocenters. The van der Waals surface area contributed by atoms with Gasteiger partial charge < -0.3 is 5.11 Å². The Balaban J connectivity index is 2.99. The fraction of sp³-hybridized carbons (Fsp3) is 1.00. The molecule has 0 bridgehead atoms. The second kappa shape index (κ2) is 2.53. The summed E-state index contributed by atoms with van der Waals surface area (Å²) in [6.07, 6.45) is -1.73. The Hall–Kier alpha value is 0.370. The summed E-state index contributed by atoms with van der Waals surface area (Å²) in [5.41, 5.74) is 0. The summed E-state index contributed by atoms with van der Waals surface area (Å²) in [5, 5.41) is 7.92. The summed E-state index contributed by atoms with van der Waals surface area (Å²) in [7, 11) is 0. The molecule has 0 aliphatic heterocycles. The molecule has 2 unspecified atom stereocenters. The monoisotopic (exact) mass is 156 g/mol. The van der Waals surface area contributed by atoms with Crippen LogP contribution in [0.2, 0.25) is 0 Å². The fourth-order valence-corrected chi connectivity index (χ4v) is 0. The van der Waals surface area contributed by atoms with Crippen LogP contribution in [0.1, 0.15) is 6.92 Å². The van der Waals surface area contributed by atoms with Gasteiger partial charge in [0.15, 0.2) is 0 Å². The second-order valence-electron chi connectivity index (χ2n) is 1.05. The number of halogens is 2. The summed E-state index contributed by atoms with van der Waals surface area (Å²) in [6, 6.07) is 0. The van der Waals surface area contributed by atoms with Crippen molar-refractivity contribution < 1.29 is 9.50 Å². The lowest BCUT2D eigenvalue weighted by atomic mass is 10.5. The lowest BCUT2D eigenvalue weighted by Gasteiger charge is -1.98. The van der Waals surface area contributed by atoms with Gasteiger partial charge in [0.25, 0.3) is 0 Å². The number of alkyl halides is 2. The highest BCUT2D eigenvalue weighted by atomic mass is 79.9. The van der Waals surface area contributed by atoms with E-state index in [4.69, 9.17) is 5.11 Å². The first-order chi connectivity index (χ1) is 2.64. The van der Waals surface area contributed by atoms with Gasteiger partial charge in [-0.2, -0.15) is 0 Å². The Labute approximate surface area is 44.3 Å². The molecule has 0 heterocycles. The third kappa shape index (κ3) is 2.60.